The molecule has 1 N–H and O–H groups in total. The molecule has 0 saturated heterocycles. The van der Waals surface area contributed by atoms with Gasteiger partial charge in [-0.25, -0.2) is 13.1 Å². The summed E-state index contributed by atoms with van der Waals surface area (Å²) in [7, 11) is -3.73. The summed E-state index contributed by atoms with van der Waals surface area (Å²) in [5, 5.41) is 8.78. The zero-order valence-corrected chi connectivity index (χ0v) is 13.8. The van der Waals surface area contributed by atoms with E-state index in [1.165, 1.54) is 18.2 Å². The van der Waals surface area contributed by atoms with E-state index in [1.54, 1.807) is 0 Å². The second-order valence-electron chi connectivity index (χ2n) is 4.21. The van der Waals surface area contributed by atoms with Crippen molar-refractivity contribution in [2.45, 2.75) is 11.4 Å². The first-order chi connectivity index (χ1) is 9.92. The smallest absolute Gasteiger partial charge is 0.207 e. The largest absolute Gasteiger partial charge is 0.242 e. The van der Waals surface area contributed by atoms with Gasteiger partial charge in [0.05, 0.1) is 16.7 Å². The summed E-state index contributed by atoms with van der Waals surface area (Å²) >= 11 is 9.23. The summed E-state index contributed by atoms with van der Waals surface area (Å²) in [6.07, 6.45) is 0. The van der Waals surface area contributed by atoms with Gasteiger partial charge < -0.3 is 0 Å². The normalized spacial score (nSPS) is 11.1. The maximum Gasteiger partial charge on any atom is 0.242 e. The monoisotopic (exact) mass is 384 g/mol. The fourth-order valence-corrected chi connectivity index (χ4v) is 3.47. The topological polar surface area (TPSA) is 70.0 Å². The number of hydrogen-bond donors (Lipinski definition) is 1. The van der Waals surface area contributed by atoms with Gasteiger partial charge in [0.25, 0.3) is 0 Å². The molecular weight excluding hydrogens is 376 g/mol. The molecule has 0 aromatic heterocycles. The predicted octanol–water partition coefficient (Wildman–Crippen LogP) is 3.45. The van der Waals surface area contributed by atoms with Crippen molar-refractivity contribution in [2.24, 2.45) is 0 Å². The summed E-state index contributed by atoms with van der Waals surface area (Å²) in [4.78, 5) is -0.0414. The third-order valence-corrected chi connectivity index (χ3v) is 5.14. The van der Waals surface area contributed by atoms with Crippen LogP contribution in [0.15, 0.2) is 51.8 Å². The molecule has 2 rings (SSSR count). The second-order valence-corrected chi connectivity index (χ2v) is 7.27. The zero-order chi connectivity index (χ0) is 15.5. The van der Waals surface area contributed by atoms with Crippen molar-refractivity contribution >= 4 is 37.6 Å². The molecular formula is C14H10BrClN2O2S. The van der Waals surface area contributed by atoms with Crippen molar-refractivity contribution in [1.82, 2.24) is 4.72 Å². The molecule has 0 aliphatic carbocycles. The van der Waals surface area contributed by atoms with Crippen LogP contribution >= 0.6 is 27.5 Å². The Hall–Kier alpha value is -1.39. The van der Waals surface area contributed by atoms with Crippen molar-refractivity contribution in [2.75, 3.05) is 0 Å². The molecule has 0 unspecified atom stereocenters. The van der Waals surface area contributed by atoms with E-state index in [9.17, 15) is 8.42 Å². The highest BCUT2D eigenvalue weighted by atomic mass is 79.9. The molecule has 0 aliphatic heterocycles. The van der Waals surface area contributed by atoms with E-state index in [2.05, 4.69) is 20.7 Å². The van der Waals surface area contributed by atoms with Crippen LogP contribution in [-0.4, -0.2) is 8.42 Å². The van der Waals surface area contributed by atoms with Gasteiger partial charge in [0, 0.05) is 11.0 Å². The lowest BCUT2D eigenvalue weighted by atomic mass is 10.2. The summed E-state index contributed by atoms with van der Waals surface area (Å²) in [5.74, 6) is 0. The van der Waals surface area contributed by atoms with E-state index in [1.807, 2.05) is 30.3 Å². The molecule has 0 amide bonds. The number of nitriles is 1. The highest BCUT2D eigenvalue weighted by molar-refractivity contribution is 9.10. The summed E-state index contributed by atoms with van der Waals surface area (Å²) in [6.45, 7) is 0.159. The number of rotatable bonds is 4. The first-order valence-corrected chi connectivity index (χ1v) is 8.51. The Labute approximate surface area is 136 Å². The number of benzene rings is 2. The molecule has 0 fully saturated rings. The lowest BCUT2D eigenvalue weighted by molar-refractivity contribution is 0.581. The average Bonchev–Trinajstić information content (AvgIpc) is 2.46. The van der Waals surface area contributed by atoms with Crippen LogP contribution in [0.5, 0.6) is 0 Å². The van der Waals surface area contributed by atoms with Gasteiger partial charge in [-0.3, -0.25) is 0 Å². The molecule has 0 radical (unpaired) electrons. The van der Waals surface area contributed by atoms with Crippen LogP contribution in [0.2, 0.25) is 5.02 Å². The van der Waals surface area contributed by atoms with Crippen molar-refractivity contribution in [1.29, 1.82) is 5.26 Å². The van der Waals surface area contributed by atoms with Crippen LogP contribution in [0.1, 0.15) is 11.1 Å². The van der Waals surface area contributed by atoms with Crippen LogP contribution in [0, 0.1) is 11.3 Å². The highest BCUT2D eigenvalue weighted by Crippen LogP contribution is 2.22. The van der Waals surface area contributed by atoms with Crippen LogP contribution in [0.3, 0.4) is 0 Å². The number of sulfonamides is 1. The van der Waals surface area contributed by atoms with Gasteiger partial charge in [-0.1, -0.05) is 39.7 Å². The predicted molar refractivity (Wildman–Crippen MR) is 84.3 cm³/mol. The Morgan fingerprint density at radius 1 is 1.19 bits per heavy atom. The number of halogens is 2. The molecule has 0 heterocycles. The number of nitrogens with one attached hydrogen (secondary N) is 1. The standard InChI is InChI=1S/C14H10BrClN2O2S/c15-12-4-1-10(2-5-12)9-18-21(19,20)14-6-3-11(8-17)7-13(14)16/h1-7,18H,9H2. The van der Waals surface area contributed by atoms with Gasteiger partial charge in [0.15, 0.2) is 0 Å². The van der Waals surface area contributed by atoms with Crippen molar-refractivity contribution in [3.05, 3.63) is 63.1 Å². The number of nitrogens with zero attached hydrogens (tertiary/aromatic N) is 1. The Kier molecular flexibility index (Phi) is 5.01. The fraction of sp³-hybridized carbons (Fsp3) is 0.0714. The Morgan fingerprint density at radius 2 is 1.86 bits per heavy atom. The molecule has 0 atom stereocenters. The van der Waals surface area contributed by atoms with Crippen LogP contribution in [-0.2, 0) is 16.6 Å². The van der Waals surface area contributed by atoms with Gasteiger partial charge in [-0.15, -0.1) is 0 Å². The molecule has 108 valence electrons. The first-order valence-electron chi connectivity index (χ1n) is 5.86. The van der Waals surface area contributed by atoms with Crippen LogP contribution in [0.25, 0.3) is 0 Å². The zero-order valence-electron chi connectivity index (χ0n) is 10.7. The van der Waals surface area contributed by atoms with Crippen LogP contribution in [0.4, 0.5) is 0 Å². The second kappa shape index (κ2) is 6.58. The quantitative estimate of drug-likeness (QED) is 0.876. The Bertz CT molecular complexity index is 799. The SMILES string of the molecule is N#Cc1ccc(S(=O)(=O)NCc2ccc(Br)cc2)c(Cl)c1. The average molecular weight is 386 g/mol. The molecule has 4 nitrogen and oxygen atoms in total. The minimum absolute atomic E-state index is 0.0253. The maximum atomic E-state index is 12.2. The molecule has 0 spiro atoms. The van der Waals surface area contributed by atoms with E-state index >= 15 is 0 Å². The molecule has 0 bridgehead atoms. The number of hydrogen-bond acceptors (Lipinski definition) is 3. The summed E-state index contributed by atoms with van der Waals surface area (Å²) in [6, 6.07) is 13.3. The van der Waals surface area contributed by atoms with E-state index < -0.39 is 10.0 Å². The van der Waals surface area contributed by atoms with E-state index in [0.717, 1.165) is 10.0 Å². The van der Waals surface area contributed by atoms with Crippen molar-refractivity contribution in [3.8, 4) is 6.07 Å². The molecule has 0 aliphatic rings. The first kappa shape index (κ1) is 16.0. The highest BCUT2D eigenvalue weighted by Gasteiger charge is 2.17. The maximum absolute atomic E-state index is 12.2. The van der Waals surface area contributed by atoms with E-state index in [-0.39, 0.29) is 16.5 Å². The summed E-state index contributed by atoms with van der Waals surface area (Å²) < 4.78 is 27.8. The summed E-state index contributed by atoms with van der Waals surface area (Å²) in [5.41, 5.74) is 1.14. The van der Waals surface area contributed by atoms with E-state index in [4.69, 9.17) is 16.9 Å². The van der Waals surface area contributed by atoms with Gasteiger partial charge >= 0.3 is 0 Å². The van der Waals surface area contributed by atoms with Gasteiger partial charge in [0.1, 0.15) is 4.90 Å². The van der Waals surface area contributed by atoms with Gasteiger partial charge in [-0.2, -0.15) is 5.26 Å². The molecule has 0 saturated carbocycles. The Morgan fingerprint density at radius 3 is 2.43 bits per heavy atom. The van der Waals surface area contributed by atoms with Crippen molar-refractivity contribution in [3.63, 3.8) is 0 Å². The fourth-order valence-electron chi connectivity index (χ4n) is 1.65. The van der Waals surface area contributed by atoms with Crippen LogP contribution < -0.4 is 4.72 Å². The molecule has 2 aromatic carbocycles. The molecule has 2 aromatic rings. The molecule has 7 heteroatoms. The minimum Gasteiger partial charge on any atom is -0.207 e. The van der Waals surface area contributed by atoms with E-state index in [0.29, 0.717) is 5.56 Å². The van der Waals surface area contributed by atoms with Gasteiger partial charge in [-0.05, 0) is 35.9 Å². The minimum atomic E-state index is -3.73. The van der Waals surface area contributed by atoms with Gasteiger partial charge in [0.2, 0.25) is 10.0 Å². The van der Waals surface area contributed by atoms with Crippen molar-refractivity contribution < 1.29 is 8.42 Å². The lowest BCUT2D eigenvalue weighted by Crippen LogP contribution is -2.23. The third kappa shape index (κ3) is 4.05. The molecule has 21 heavy (non-hydrogen) atoms. The Balaban J connectivity index is 2.19. The lowest BCUT2D eigenvalue weighted by Gasteiger charge is -2.08. The third-order valence-electron chi connectivity index (χ3n) is 2.73.